The molecule has 0 spiro atoms. The summed E-state index contributed by atoms with van der Waals surface area (Å²) in [6, 6.07) is 2.12. The van der Waals surface area contributed by atoms with Crippen molar-refractivity contribution in [3.05, 3.63) is 46.0 Å². The number of carbonyl (C=O) groups is 1. The smallest absolute Gasteiger partial charge is 0.310 e. The molecule has 1 saturated carbocycles. The molecule has 0 amide bonds. The van der Waals surface area contributed by atoms with Gasteiger partial charge in [0.25, 0.3) is 0 Å². The fourth-order valence-electron chi connectivity index (χ4n) is 3.55. The number of allylic oxidation sites excluding steroid dienone is 2. The maximum Gasteiger partial charge on any atom is 0.310 e. The van der Waals surface area contributed by atoms with Crippen LogP contribution in [-0.4, -0.2) is 13.1 Å². The summed E-state index contributed by atoms with van der Waals surface area (Å²) in [6.07, 6.45) is 4.11. The van der Waals surface area contributed by atoms with E-state index >= 15 is 0 Å². The number of nitrogens with zero attached hydrogens (tertiary/aromatic N) is 1. The Labute approximate surface area is 173 Å². The van der Waals surface area contributed by atoms with Crippen molar-refractivity contribution in [1.82, 2.24) is 0 Å². The average molecular weight is 427 g/mol. The maximum absolute atomic E-state index is 14.2. The topological polar surface area (TPSA) is 59.3 Å². The Morgan fingerprint density at radius 3 is 2.10 bits per heavy atom. The van der Waals surface area contributed by atoms with Crippen molar-refractivity contribution in [2.24, 2.45) is 17.3 Å². The first kappa shape index (κ1) is 23.9. The lowest BCUT2D eigenvalue weighted by molar-refractivity contribution is -0.147. The number of carbonyl (C=O) groups excluding carboxylic acids is 1. The number of hydrogen-bond donors (Lipinski definition) is 0. The molecule has 0 unspecified atom stereocenters. The summed E-state index contributed by atoms with van der Waals surface area (Å²) in [5.41, 5.74) is -1.79. The molecule has 1 fully saturated rings. The fourth-order valence-corrected chi connectivity index (χ4v) is 3.55. The SMILES string of the molecule is CCCC/C(C#N)=C/[C@@H]1[C@@H](C(=O)OCc2c(F)c(F)c(COC)c(F)c2F)C1(C)C. The molecule has 8 heteroatoms. The van der Waals surface area contributed by atoms with E-state index in [0.29, 0.717) is 12.0 Å². The summed E-state index contributed by atoms with van der Waals surface area (Å²) in [6.45, 7) is 4.04. The highest BCUT2D eigenvalue weighted by atomic mass is 19.2. The zero-order valence-electron chi connectivity index (χ0n) is 17.5. The zero-order valence-corrected chi connectivity index (χ0v) is 17.5. The van der Waals surface area contributed by atoms with Crippen LogP contribution in [0.25, 0.3) is 0 Å². The van der Waals surface area contributed by atoms with Crippen LogP contribution in [0.2, 0.25) is 0 Å². The number of nitriles is 1. The van der Waals surface area contributed by atoms with Crippen molar-refractivity contribution < 1.29 is 31.8 Å². The Kier molecular flexibility index (Phi) is 7.64. The van der Waals surface area contributed by atoms with Gasteiger partial charge in [0, 0.05) is 12.7 Å². The lowest BCUT2D eigenvalue weighted by Gasteiger charge is -2.12. The van der Waals surface area contributed by atoms with Crippen LogP contribution in [0.3, 0.4) is 0 Å². The second-order valence-electron chi connectivity index (χ2n) is 7.99. The number of ether oxygens (including phenoxy) is 2. The summed E-state index contributed by atoms with van der Waals surface area (Å²) in [5.74, 6) is -8.01. The molecule has 164 valence electrons. The van der Waals surface area contributed by atoms with Gasteiger partial charge in [0.1, 0.15) is 6.61 Å². The van der Waals surface area contributed by atoms with Crippen LogP contribution in [-0.2, 0) is 27.5 Å². The van der Waals surface area contributed by atoms with Gasteiger partial charge >= 0.3 is 5.97 Å². The van der Waals surface area contributed by atoms with Crippen molar-refractivity contribution in [2.45, 2.75) is 53.2 Å². The van der Waals surface area contributed by atoms with E-state index in [-0.39, 0.29) is 5.92 Å². The first-order chi connectivity index (χ1) is 14.1. The standard InChI is InChI=1S/C22H25F4NO3/c1-5-6-7-12(9-27)8-15-16(22(15,2)3)21(28)30-11-14-19(25)17(23)13(10-29-4)18(24)20(14)26/h8,15-16H,5-7,10-11H2,1-4H3/b12-8-/t15-,16+/m1/s1. The van der Waals surface area contributed by atoms with Gasteiger partial charge in [0.15, 0.2) is 23.3 Å². The van der Waals surface area contributed by atoms with Crippen LogP contribution in [0.4, 0.5) is 17.6 Å². The number of unbranched alkanes of at least 4 members (excludes halogenated alkanes) is 1. The van der Waals surface area contributed by atoms with Crippen molar-refractivity contribution in [2.75, 3.05) is 7.11 Å². The predicted octanol–water partition coefficient (Wildman–Crippen LogP) is 5.34. The Morgan fingerprint density at radius 2 is 1.63 bits per heavy atom. The quantitative estimate of drug-likeness (QED) is 0.231. The maximum atomic E-state index is 14.2. The largest absolute Gasteiger partial charge is 0.460 e. The monoisotopic (exact) mass is 427 g/mol. The Bertz CT molecular complexity index is 860. The highest BCUT2D eigenvalue weighted by molar-refractivity contribution is 5.78. The van der Waals surface area contributed by atoms with Gasteiger partial charge in [-0.1, -0.05) is 33.3 Å². The van der Waals surface area contributed by atoms with Crippen molar-refractivity contribution in [3.63, 3.8) is 0 Å². The summed E-state index contributed by atoms with van der Waals surface area (Å²) in [7, 11) is 1.13. The molecule has 0 radical (unpaired) electrons. The van der Waals surface area contributed by atoms with E-state index in [0.717, 1.165) is 20.0 Å². The number of hydrogen-bond acceptors (Lipinski definition) is 4. The van der Waals surface area contributed by atoms with Crippen LogP contribution in [0.15, 0.2) is 11.6 Å². The van der Waals surface area contributed by atoms with Gasteiger partial charge in [-0.15, -0.1) is 0 Å². The number of halogens is 4. The van der Waals surface area contributed by atoms with Crippen LogP contribution < -0.4 is 0 Å². The van der Waals surface area contributed by atoms with E-state index in [1.165, 1.54) is 0 Å². The zero-order chi connectivity index (χ0) is 22.6. The second-order valence-corrected chi connectivity index (χ2v) is 7.99. The van der Waals surface area contributed by atoms with Gasteiger partial charge in [0.05, 0.1) is 29.7 Å². The number of esters is 1. The van der Waals surface area contributed by atoms with Gasteiger partial charge < -0.3 is 9.47 Å². The van der Waals surface area contributed by atoms with E-state index in [9.17, 15) is 27.6 Å². The van der Waals surface area contributed by atoms with Crippen LogP contribution in [0.5, 0.6) is 0 Å². The highest BCUT2D eigenvalue weighted by Crippen LogP contribution is 2.60. The second kappa shape index (κ2) is 9.61. The molecule has 1 aliphatic carbocycles. The van der Waals surface area contributed by atoms with E-state index in [4.69, 9.17) is 4.74 Å². The molecule has 1 aliphatic rings. The molecule has 0 N–H and O–H groups in total. The van der Waals surface area contributed by atoms with Crippen molar-refractivity contribution >= 4 is 5.97 Å². The predicted molar refractivity (Wildman–Crippen MR) is 101 cm³/mol. The van der Waals surface area contributed by atoms with Gasteiger partial charge in [-0.3, -0.25) is 4.79 Å². The number of benzene rings is 1. The third kappa shape index (κ3) is 4.67. The van der Waals surface area contributed by atoms with E-state index in [2.05, 4.69) is 10.8 Å². The van der Waals surface area contributed by atoms with Gasteiger partial charge in [0.2, 0.25) is 0 Å². The molecule has 4 nitrogen and oxygen atoms in total. The van der Waals surface area contributed by atoms with E-state index in [1.54, 1.807) is 6.08 Å². The van der Waals surface area contributed by atoms with E-state index in [1.807, 2.05) is 20.8 Å². The Morgan fingerprint density at radius 1 is 1.10 bits per heavy atom. The molecule has 1 aromatic rings. The summed E-state index contributed by atoms with van der Waals surface area (Å²) < 4.78 is 65.9. The molecule has 0 saturated heterocycles. The first-order valence-electron chi connectivity index (χ1n) is 9.71. The molecule has 2 atom stereocenters. The minimum atomic E-state index is -1.62. The van der Waals surface area contributed by atoms with Gasteiger partial charge in [-0.2, -0.15) is 5.26 Å². The number of rotatable bonds is 9. The fraction of sp³-hybridized carbons (Fsp3) is 0.545. The molecular formula is C22H25F4NO3. The molecule has 2 rings (SSSR count). The van der Waals surface area contributed by atoms with E-state index < -0.39 is 64.9 Å². The molecule has 0 heterocycles. The van der Waals surface area contributed by atoms with Crippen LogP contribution in [0.1, 0.15) is 51.2 Å². The van der Waals surface area contributed by atoms with Crippen LogP contribution >= 0.6 is 0 Å². The minimum Gasteiger partial charge on any atom is -0.460 e. The molecule has 30 heavy (non-hydrogen) atoms. The summed E-state index contributed by atoms with van der Waals surface area (Å²) in [4.78, 5) is 12.5. The number of methoxy groups -OCH3 is 1. The van der Waals surface area contributed by atoms with Crippen molar-refractivity contribution in [3.8, 4) is 6.07 Å². The molecule has 0 bridgehead atoms. The minimum absolute atomic E-state index is 0.260. The molecular weight excluding hydrogens is 402 g/mol. The van der Waals surface area contributed by atoms with Crippen molar-refractivity contribution in [1.29, 1.82) is 5.26 Å². The Balaban J connectivity index is 2.15. The lowest BCUT2D eigenvalue weighted by Crippen LogP contribution is -2.15. The summed E-state index contributed by atoms with van der Waals surface area (Å²) >= 11 is 0. The molecule has 0 aliphatic heterocycles. The average Bonchev–Trinajstić information content (AvgIpc) is 3.26. The Hall–Kier alpha value is -2.40. The third-order valence-electron chi connectivity index (χ3n) is 5.58. The van der Waals surface area contributed by atoms with Gasteiger partial charge in [-0.05, 0) is 24.2 Å². The summed E-state index contributed by atoms with van der Waals surface area (Å²) in [5, 5.41) is 9.25. The lowest BCUT2D eigenvalue weighted by atomic mass is 10.0. The molecule has 0 aromatic heterocycles. The first-order valence-corrected chi connectivity index (χ1v) is 9.71. The van der Waals surface area contributed by atoms with Gasteiger partial charge in [-0.25, -0.2) is 17.6 Å². The normalized spacial score (nSPS) is 20.0. The van der Waals surface area contributed by atoms with Crippen LogP contribution in [0, 0.1) is 51.9 Å². The highest BCUT2D eigenvalue weighted by Gasteiger charge is 2.61. The third-order valence-corrected chi connectivity index (χ3v) is 5.58. The molecule has 1 aromatic carbocycles.